The van der Waals surface area contributed by atoms with E-state index in [-0.39, 0.29) is 25.8 Å². The van der Waals surface area contributed by atoms with Crippen molar-refractivity contribution in [3.63, 3.8) is 0 Å². The predicted octanol–water partition coefficient (Wildman–Crippen LogP) is 13.1. The first-order chi connectivity index (χ1) is 27.1. The maximum atomic E-state index is 12.7. The first-order valence-corrected chi connectivity index (χ1v) is 24.7. The van der Waals surface area contributed by atoms with E-state index in [0.717, 1.165) is 51.4 Å². The van der Waals surface area contributed by atoms with Gasteiger partial charge in [-0.3, -0.25) is 9.36 Å². The minimum Gasteiger partial charge on any atom is -0.756 e. The van der Waals surface area contributed by atoms with Gasteiger partial charge in [0, 0.05) is 13.0 Å². The van der Waals surface area contributed by atoms with Crippen LogP contribution in [0.5, 0.6) is 0 Å². The van der Waals surface area contributed by atoms with Crippen LogP contribution in [-0.4, -0.2) is 70.7 Å². The van der Waals surface area contributed by atoms with E-state index in [4.69, 9.17) is 18.5 Å². The Kier molecular flexibility index (Phi) is 39.6. The summed E-state index contributed by atoms with van der Waals surface area (Å²) in [6.45, 7) is 5.37. The number of carbonyl (C=O) groups excluding carboxylic acids is 1. The second-order valence-corrected chi connectivity index (χ2v) is 18.2. The SMILES string of the molecule is CCCCC/C=C\C/C=C\CCCCCCCCOCC(COP(=O)([O-])OCC[N+](C)(C)C)OC(=O)CCCCCCCCC/C=C\CCCCCCCCC. The molecule has 0 amide bonds. The van der Waals surface area contributed by atoms with Crippen molar-refractivity contribution in [3.05, 3.63) is 36.5 Å². The number of phosphoric acid groups is 1. The van der Waals surface area contributed by atoms with Crippen LogP contribution in [0.3, 0.4) is 0 Å². The van der Waals surface area contributed by atoms with E-state index in [2.05, 4.69) is 50.3 Å². The number of allylic oxidation sites excluding steroid dienone is 6. The van der Waals surface area contributed by atoms with Gasteiger partial charge in [0.25, 0.3) is 7.82 Å². The average molecular weight is 812 g/mol. The van der Waals surface area contributed by atoms with Gasteiger partial charge in [-0.15, -0.1) is 0 Å². The third kappa shape index (κ3) is 43.8. The molecule has 0 aliphatic carbocycles. The zero-order valence-corrected chi connectivity index (χ0v) is 38.2. The Balaban J connectivity index is 4.22. The molecule has 0 saturated heterocycles. The van der Waals surface area contributed by atoms with Gasteiger partial charge in [-0.05, 0) is 70.6 Å². The average Bonchev–Trinajstić information content (AvgIpc) is 3.15. The largest absolute Gasteiger partial charge is 0.756 e. The number of phosphoric ester groups is 1. The molecule has 0 aliphatic heterocycles. The molecular weight excluding hydrogens is 721 g/mol. The predicted molar refractivity (Wildman–Crippen MR) is 236 cm³/mol. The summed E-state index contributed by atoms with van der Waals surface area (Å²) >= 11 is 0. The van der Waals surface area contributed by atoms with E-state index in [9.17, 15) is 14.3 Å². The molecule has 330 valence electrons. The topological polar surface area (TPSA) is 94.1 Å². The molecule has 0 aliphatic rings. The summed E-state index contributed by atoms with van der Waals surface area (Å²) in [6.07, 6.45) is 47.2. The minimum atomic E-state index is -4.53. The van der Waals surface area contributed by atoms with Crippen LogP contribution in [0.25, 0.3) is 0 Å². The van der Waals surface area contributed by atoms with E-state index < -0.39 is 13.9 Å². The molecule has 0 radical (unpaired) electrons. The van der Waals surface area contributed by atoms with Crippen molar-refractivity contribution < 1.29 is 37.3 Å². The van der Waals surface area contributed by atoms with Gasteiger partial charge in [0.1, 0.15) is 19.3 Å². The Hall–Kier alpha value is -1.28. The van der Waals surface area contributed by atoms with E-state index in [1.807, 2.05) is 21.1 Å². The fourth-order valence-corrected chi connectivity index (χ4v) is 7.01. The lowest BCUT2D eigenvalue weighted by atomic mass is 10.1. The van der Waals surface area contributed by atoms with Gasteiger partial charge in [-0.1, -0.05) is 159 Å². The lowest BCUT2D eigenvalue weighted by molar-refractivity contribution is -0.870. The zero-order chi connectivity index (χ0) is 41.3. The Morgan fingerprint density at radius 3 is 1.50 bits per heavy atom. The van der Waals surface area contributed by atoms with Crippen molar-refractivity contribution in [2.75, 3.05) is 54.1 Å². The second-order valence-electron chi connectivity index (χ2n) is 16.8. The van der Waals surface area contributed by atoms with E-state index in [0.29, 0.717) is 24.1 Å². The van der Waals surface area contributed by atoms with E-state index in [1.165, 1.54) is 128 Å². The van der Waals surface area contributed by atoms with Crippen molar-refractivity contribution >= 4 is 13.8 Å². The van der Waals surface area contributed by atoms with E-state index in [1.54, 1.807) is 0 Å². The number of hydrogen-bond donors (Lipinski definition) is 0. The number of rotatable bonds is 43. The molecule has 0 aromatic carbocycles. The first kappa shape index (κ1) is 54.7. The van der Waals surface area contributed by atoms with Crippen molar-refractivity contribution in [1.82, 2.24) is 0 Å². The highest BCUT2D eigenvalue weighted by atomic mass is 31.2. The molecule has 0 heterocycles. The Morgan fingerprint density at radius 1 is 0.554 bits per heavy atom. The van der Waals surface area contributed by atoms with Crippen LogP contribution in [0.1, 0.15) is 200 Å². The van der Waals surface area contributed by atoms with Crippen LogP contribution in [-0.2, 0) is 27.9 Å². The number of esters is 1. The smallest absolute Gasteiger partial charge is 0.306 e. The number of quaternary nitrogens is 1. The zero-order valence-electron chi connectivity index (χ0n) is 37.3. The molecule has 0 saturated carbocycles. The molecule has 0 aromatic heterocycles. The second kappa shape index (κ2) is 40.5. The van der Waals surface area contributed by atoms with Crippen molar-refractivity contribution in [3.8, 4) is 0 Å². The Bertz CT molecular complexity index is 994. The van der Waals surface area contributed by atoms with Gasteiger partial charge < -0.3 is 27.9 Å². The maximum Gasteiger partial charge on any atom is 0.306 e. The van der Waals surface area contributed by atoms with E-state index >= 15 is 0 Å². The Morgan fingerprint density at radius 2 is 0.982 bits per heavy atom. The summed E-state index contributed by atoms with van der Waals surface area (Å²) in [4.78, 5) is 25.1. The van der Waals surface area contributed by atoms with Gasteiger partial charge in [0.2, 0.25) is 0 Å². The third-order valence-corrected chi connectivity index (χ3v) is 10.9. The van der Waals surface area contributed by atoms with Crippen molar-refractivity contribution in [2.24, 2.45) is 0 Å². The van der Waals surface area contributed by atoms with Crippen molar-refractivity contribution in [1.29, 1.82) is 0 Å². The van der Waals surface area contributed by atoms with Crippen molar-refractivity contribution in [2.45, 2.75) is 206 Å². The summed E-state index contributed by atoms with van der Waals surface area (Å²) in [5, 5.41) is 0. The maximum absolute atomic E-state index is 12.7. The van der Waals surface area contributed by atoms with Crippen LogP contribution < -0.4 is 4.89 Å². The molecule has 8 nitrogen and oxygen atoms in total. The van der Waals surface area contributed by atoms with Crippen LogP contribution in [0.4, 0.5) is 0 Å². The lowest BCUT2D eigenvalue weighted by Gasteiger charge is -2.28. The lowest BCUT2D eigenvalue weighted by Crippen LogP contribution is -2.37. The number of carbonyl (C=O) groups is 1. The number of hydrogen-bond acceptors (Lipinski definition) is 7. The molecular formula is C47H90NO7P. The third-order valence-electron chi connectivity index (χ3n) is 9.91. The van der Waals surface area contributed by atoms with Gasteiger partial charge in [0.05, 0.1) is 34.4 Å². The number of nitrogens with zero attached hydrogens (tertiary/aromatic N) is 1. The van der Waals surface area contributed by atoms with Gasteiger partial charge in [-0.25, -0.2) is 0 Å². The fourth-order valence-electron chi connectivity index (χ4n) is 6.28. The summed E-state index contributed by atoms with van der Waals surface area (Å²) in [7, 11) is 1.35. The molecule has 0 rings (SSSR count). The highest BCUT2D eigenvalue weighted by Crippen LogP contribution is 2.38. The molecule has 0 fully saturated rings. The number of ether oxygens (including phenoxy) is 2. The molecule has 0 bridgehead atoms. The molecule has 2 atom stereocenters. The summed E-state index contributed by atoms with van der Waals surface area (Å²) in [5.74, 6) is -0.342. The number of unbranched alkanes of at least 4 members (excludes halogenated alkanes) is 23. The van der Waals surface area contributed by atoms with Crippen LogP contribution in [0, 0.1) is 0 Å². The van der Waals surface area contributed by atoms with Gasteiger partial charge in [0.15, 0.2) is 0 Å². The molecule has 56 heavy (non-hydrogen) atoms. The van der Waals surface area contributed by atoms with Gasteiger partial charge in [-0.2, -0.15) is 0 Å². The standard InChI is InChI=1S/C47H90NO7P/c1-6-8-10-12-14-16-18-20-22-24-25-26-28-30-32-34-36-38-40-47(49)55-46(45-54-56(50,51)53-43-41-48(3,4)5)44-52-42-39-37-35-33-31-29-27-23-21-19-17-15-13-11-9-7-2/h15,17,21-24,46H,6-14,16,18-20,25-45H2,1-5H3/b17-15-,23-21-,24-22-. The van der Waals surface area contributed by atoms with Crippen LogP contribution in [0.15, 0.2) is 36.5 Å². The monoisotopic (exact) mass is 812 g/mol. The van der Waals surface area contributed by atoms with Crippen LogP contribution >= 0.6 is 7.82 Å². The highest BCUT2D eigenvalue weighted by Gasteiger charge is 2.20. The summed E-state index contributed by atoms with van der Waals surface area (Å²) in [5.41, 5.74) is 0. The fraction of sp³-hybridized carbons (Fsp3) is 0.851. The molecule has 9 heteroatoms. The molecule has 0 spiro atoms. The van der Waals surface area contributed by atoms with Crippen LogP contribution in [0.2, 0.25) is 0 Å². The summed E-state index contributed by atoms with van der Waals surface area (Å²) < 4.78 is 34.6. The summed E-state index contributed by atoms with van der Waals surface area (Å²) in [6, 6.07) is 0. The molecule has 0 aromatic rings. The molecule has 0 N–H and O–H groups in total. The normalized spacial score (nSPS) is 14.0. The highest BCUT2D eigenvalue weighted by molar-refractivity contribution is 7.45. The minimum absolute atomic E-state index is 0.0230. The van der Waals surface area contributed by atoms with Gasteiger partial charge >= 0.3 is 5.97 Å². The quantitative estimate of drug-likeness (QED) is 0.0199. The molecule has 2 unspecified atom stereocenters. The Labute approximate surface area is 346 Å². The first-order valence-electron chi connectivity index (χ1n) is 23.2. The number of likely N-dealkylation sites (N-methyl/N-ethyl adjacent to an activating group) is 1.